The normalized spacial score (nSPS) is 20.9. The van der Waals surface area contributed by atoms with Gasteiger partial charge in [-0.3, -0.25) is 9.69 Å². The van der Waals surface area contributed by atoms with Crippen LogP contribution in [0.25, 0.3) is 10.9 Å². The average molecular weight is 357 g/mol. The Kier molecular flexibility index (Phi) is 5.32. The maximum atomic E-state index is 12.7. The number of nitrogens with zero attached hydrogens (tertiary/aromatic N) is 1. The lowest BCUT2D eigenvalue weighted by Gasteiger charge is -2.34. The van der Waals surface area contributed by atoms with E-state index < -0.39 is 5.97 Å². The molecule has 2 N–H and O–H groups in total. The van der Waals surface area contributed by atoms with Gasteiger partial charge in [0.2, 0.25) is 5.91 Å². The van der Waals surface area contributed by atoms with E-state index in [0.29, 0.717) is 24.1 Å². The van der Waals surface area contributed by atoms with Gasteiger partial charge in [0, 0.05) is 24.0 Å². The number of hydrogen-bond acceptors (Lipinski definition) is 4. The number of benzene rings is 1. The summed E-state index contributed by atoms with van der Waals surface area (Å²) < 4.78 is 4.87. The van der Waals surface area contributed by atoms with Gasteiger partial charge in [-0.15, -0.1) is 0 Å². The molecule has 1 aliphatic heterocycles. The standard InChI is InChI=1S/C20H27N3O3/c1-12-8-13(2)10-23(9-12)11-16(24)22-18-17-14(3)6-5-7-15(17)21-19(18)20(25)26-4/h5-7,12-13,21H,8-11H2,1-4H3,(H,22,24)/t12-,13-/m1/s1. The first-order valence-electron chi connectivity index (χ1n) is 9.10. The number of hydrogen-bond donors (Lipinski definition) is 2. The number of esters is 1. The van der Waals surface area contributed by atoms with Crippen molar-refractivity contribution < 1.29 is 14.3 Å². The largest absolute Gasteiger partial charge is 0.464 e. The van der Waals surface area contributed by atoms with E-state index in [9.17, 15) is 9.59 Å². The van der Waals surface area contributed by atoms with E-state index in [4.69, 9.17) is 4.74 Å². The van der Waals surface area contributed by atoms with Crippen LogP contribution in [-0.4, -0.2) is 48.5 Å². The van der Waals surface area contributed by atoms with E-state index in [-0.39, 0.29) is 11.6 Å². The summed E-state index contributed by atoms with van der Waals surface area (Å²) >= 11 is 0. The van der Waals surface area contributed by atoms with Crippen LogP contribution in [0.2, 0.25) is 0 Å². The van der Waals surface area contributed by atoms with Crippen molar-refractivity contribution in [3.63, 3.8) is 0 Å². The van der Waals surface area contributed by atoms with Crippen molar-refractivity contribution >= 4 is 28.5 Å². The third-order valence-electron chi connectivity index (χ3n) is 5.00. The Labute approximate surface area is 153 Å². The molecule has 0 saturated carbocycles. The predicted octanol–water partition coefficient (Wildman–Crippen LogP) is 3.18. The molecule has 0 spiro atoms. The highest BCUT2D eigenvalue weighted by molar-refractivity contribution is 6.12. The predicted molar refractivity (Wildman–Crippen MR) is 102 cm³/mol. The van der Waals surface area contributed by atoms with Gasteiger partial charge in [-0.2, -0.15) is 0 Å². The van der Waals surface area contributed by atoms with Gasteiger partial charge in [0.05, 0.1) is 19.3 Å². The minimum atomic E-state index is -0.490. The fourth-order valence-corrected chi connectivity index (χ4v) is 4.11. The van der Waals surface area contributed by atoms with Crippen molar-refractivity contribution in [3.8, 4) is 0 Å². The molecule has 0 aliphatic carbocycles. The fourth-order valence-electron chi connectivity index (χ4n) is 4.11. The minimum absolute atomic E-state index is 0.111. The van der Waals surface area contributed by atoms with E-state index >= 15 is 0 Å². The zero-order valence-electron chi connectivity index (χ0n) is 15.9. The summed E-state index contributed by atoms with van der Waals surface area (Å²) in [6.45, 7) is 8.58. The zero-order chi connectivity index (χ0) is 18.8. The van der Waals surface area contributed by atoms with Crippen LogP contribution in [0, 0.1) is 18.8 Å². The average Bonchev–Trinajstić information content (AvgIpc) is 2.92. The number of anilines is 1. The van der Waals surface area contributed by atoms with Gasteiger partial charge in [0.15, 0.2) is 0 Å². The quantitative estimate of drug-likeness (QED) is 0.824. The van der Waals surface area contributed by atoms with Gasteiger partial charge < -0.3 is 15.0 Å². The topological polar surface area (TPSA) is 74.4 Å². The summed E-state index contributed by atoms with van der Waals surface area (Å²) in [4.78, 5) is 30.1. The Hall–Kier alpha value is -2.34. The van der Waals surface area contributed by atoms with Crippen LogP contribution >= 0.6 is 0 Å². The summed E-state index contributed by atoms with van der Waals surface area (Å²) in [5.41, 5.74) is 2.59. The molecule has 1 aliphatic rings. The highest BCUT2D eigenvalue weighted by atomic mass is 16.5. The second-order valence-electron chi connectivity index (χ2n) is 7.55. The number of methoxy groups -OCH3 is 1. The monoisotopic (exact) mass is 357 g/mol. The molecule has 2 atom stereocenters. The number of aromatic amines is 1. The number of ether oxygens (including phenoxy) is 1. The van der Waals surface area contributed by atoms with Crippen LogP contribution in [0.15, 0.2) is 18.2 Å². The smallest absolute Gasteiger partial charge is 0.356 e. The maximum Gasteiger partial charge on any atom is 0.356 e. The van der Waals surface area contributed by atoms with Gasteiger partial charge >= 0.3 is 5.97 Å². The van der Waals surface area contributed by atoms with Crippen LogP contribution in [0.4, 0.5) is 5.69 Å². The number of carbonyl (C=O) groups is 2. The lowest BCUT2D eigenvalue weighted by Crippen LogP contribution is -2.42. The molecule has 1 aromatic heterocycles. The molecule has 0 unspecified atom stereocenters. The van der Waals surface area contributed by atoms with Crippen LogP contribution in [0.5, 0.6) is 0 Å². The Bertz CT molecular complexity index is 817. The molecule has 6 heteroatoms. The van der Waals surface area contributed by atoms with Crippen LogP contribution in [0.3, 0.4) is 0 Å². The van der Waals surface area contributed by atoms with Crippen molar-refractivity contribution in [2.24, 2.45) is 11.8 Å². The Morgan fingerprint density at radius 2 is 1.96 bits per heavy atom. The highest BCUT2D eigenvalue weighted by Gasteiger charge is 2.25. The maximum absolute atomic E-state index is 12.7. The molecule has 0 radical (unpaired) electrons. The second-order valence-corrected chi connectivity index (χ2v) is 7.55. The van der Waals surface area contributed by atoms with Crippen molar-refractivity contribution in [1.29, 1.82) is 0 Å². The van der Waals surface area contributed by atoms with E-state index in [0.717, 1.165) is 29.6 Å². The van der Waals surface area contributed by atoms with E-state index in [1.54, 1.807) is 0 Å². The van der Waals surface area contributed by atoms with Gasteiger partial charge in [-0.05, 0) is 36.8 Å². The first-order chi connectivity index (χ1) is 12.4. The molecule has 2 aromatic rings. The molecular weight excluding hydrogens is 330 g/mol. The molecular formula is C20H27N3O3. The fraction of sp³-hybridized carbons (Fsp3) is 0.500. The van der Waals surface area contributed by atoms with E-state index in [1.165, 1.54) is 13.5 Å². The number of aromatic nitrogens is 1. The lowest BCUT2D eigenvalue weighted by molar-refractivity contribution is -0.117. The van der Waals surface area contributed by atoms with Crippen molar-refractivity contribution in [1.82, 2.24) is 9.88 Å². The molecule has 2 heterocycles. The van der Waals surface area contributed by atoms with Crippen LogP contribution < -0.4 is 5.32 Å². The van der Waals surface area contributed by atoms with Gasteiger partial charge in [0.1, 0.15) is 5.69 Å². The van der Waals surface area contributed by atoms with Gasteiger partial charge in [-0.25, -0.2) is 4.79 Å². The third-order valence-corrected chi connectivity index (χ3v) is 5.00. The molecule has 3 rings (SSSR count). The summed E-state index contributed by atoms with van der Waals surface area (Å²) in [6.07, 6.45) is 1.20. The number of fused-ring (bicyclic) bond motifs is 1. The lowest BCUT2D eigenvalue weighted by atomic mass is 9.92. The SMILES string of the molecule is COC(=O)c1[nH]c2cccc(C)c2c1NC(=O)CN1C[C@H](C)C[C@@H](C)C1. The Morgan fingerprint density at radius 3 is 2.62 bits per heavy atom. The number of aryl methyl sites for hydroxylation is 1. The second kappa shape index (κ2) is 7.50. The van der Waals surface area contributed by atoms with Crippen LogP contribution in [-0.2, 0) is 9.53 Å². The first kappa shape index (κ1) is 18.5. The molecule has 140 valence electrons. The van der Waals surface area contributed by atoms with Gasteiger partial charge in [0.25, 0.3) is 0 Å². The number of rotatable bonds is 4. The number of H-pyrrole nitrogens is 1. The molecule has 1 fully saturated rings. The molecule has 1 aromatic carbocycles. The number of nitrogens with one attached hydrogen (secondary N) is 2. The molecule has 1 saturated heterocycles. The minimum Gasteiger partial charge on any atom is -0.464 e. The highest BCUT2D eigenvalue weighted by Crippen LogP contribution is 2.31. The molecule has 6 nitrogen and oxygen atoms in total. The number of likely N-dealkylation sites (tertiary alicyclic amines) is 1. The number of amides is 1. The first-order valence-corrected chi connectivity index (χ1v) is 9.10. The van der Waals surface area contributed by atoms with Crippen LogP contribution in [0.1, 0.15) is 36.3 Å². The summed E-state index contributed by atoms with van der Waals surface area (Å²) in [6, 6.07) is 5.76. The Morgan fingerprint density at radius 1 is 1.27 bits per heavy atom. The number of piperidine rings is 1. The molecule has 1 amide bonds. The zero-order valence-corrected chi connectivity index (χ0v) is 15.9. The third kappa shape index (κ3) is 3.75. The van der Waals surface area contributed by atoms with Crippen molar-refractivity contribution in [2.45, 2.75) is 27.2 Å². The Balaban J connectivity index is 1.85. The number of carbonyl (C=O) groups excluding carboxylic acids is 2. The summed E-state index contributed by atoms with van der Waals surface area (Å²) in [5, 5.41) is 3.80. The van der Waals surface area contributed by atoms with Gasteiger partial charge in [-0.1, -0.05) is 26.0 Å². The summed E-state index contributed by atoms with van der Waals surface area (Å²) in [5.74, 6) is 0.580. The van der Waals surface area contributed by atoms with Crippen molar-refractivity contribution in [2.75, 3.05) is 32.1 Å². The molecule has 26 heavy (non-hydrogen) atoms. The van der Waals surface area contributed by atoms with Crippen molar-refractivity contribution in [3.05, 3.63) is 29.5 Å². The molecule has 0 bridgehead atoms. The van der Waals surface area contributed by atoms with E-state index in [1.807, 2.05) is 25.1 Å². The van der Waals surface area contributed by atoms with E-state index in [2.05, 4.69) is 29.0 Å². The summed E-state index contributed by atoms with van der Waals surface area (Å²) in [7, 11) is 1.34.